The van der Waals surface area contributed by atoms with E-state index in [1.165, 1.54) is 24.4 Å². The molecule has 0 amide bonds. The van der Waals surface area contributed by atoms with Gasteiger partial charge in [0.25, 0.3) is 0 Å². The molecule has 1 aromatic heterocycles. The highest BCUT2D eigenvalue weighted by molar-refractivity contribution is 5.37. The first kappa shape index (κ1) is 14.3. The molecule has 0 fully saturated rings. The molecule has 0 atom stereocenters. The molecule has 0 aliphatic rings. The van der Waals surface area contributed by atoms with Crippen molar-refractivity contribution in [1.29, 1.82) is 0 Å². The first-order chi connectivity index (χ1) is 9.41. The third-order valence-electron chi connectivity index (χ3n) is 2.67. The summed E-state index contributed by atoms with van der Waals surface area (Å²) in [6.07, 6.45) is -3.06. The van der Waals surface area contributed by atoms with Crippen molar-refractivity contribution in [3.63, 3.8) is 0 Å². The van der Waals surface area contributed by atoms with Crippen LogP contribution in [0.4, 0.5) is 13.2 Å². The number of rotatable bonds is 3. The van der Waals surface area contributed by atoms with Gasteiger partial charge >= 0.3 is 12.2 Å². The first-order valence-electron chi connectivity index (χ1n) is 5.78. The summed E-state index contributed by atoms with van der Waals surface area (Å²) < 4.78 is 43.6. The fraction of sp³-hybridized carbons (Fsp3) is 0.231. The molecule has 1 aromatic carbocycles. The summed E-state index contributed by atoms with van der Waals surface area (Å²) in [5.74, 6) is -0.333. The number of hydrogen-bond acceptors (Lipinski definition) is 4. The number of nitrogens with two attached hydrogens (primary N) is 1. The summed E-state index contributed by atoms with van der Waals surface area (Å²) in [7, 11) is 0. The minimum atomic E-state index is -4.50. The fourth-order valence-corrected chi connectivity index (χ4v) is 1.61. The minimum absolute atomic E-state index is 0.142. The van der Waals surface area contributed by atoms with Crippen LogP contribution in [0.5, 0.6) is 11.8 Å². The molecule has 0 radical (unpaired) electrons. The fourth-order valence-electron chi connectivity index (χ4n) is 1.61. The van der Waals surface area contributed by atoms with Gasteiger partial charge in [0.05, 0.1) is 5.56 Å². The van der Waals surface area contributed by atoms with Gasteiger partial charge in [-0.1, -0.05) is 12.1 Å². The van der Waals surface area contributed by atoms with Gasteiger partial charge in [0, 0.05) is 24.0 Å². The highest BCUT2D eigenvalue weighted by Crippen LogP contribution is 2.37. The van der Waals surface area contributed by atoms with Crippen LogP contribution in [0.15, 0.2) is 30.5 Å². The molecule has 20 heavy (non-hydrogen) atoms. The minimum Gasteiger partial charge on any atom is -0.424 e. The molecular formula is C13H12F3N3O. The number of alkyl halides is 3. The van der Waals surface area contributed by atoms with Crippen molar-refractivity contribution in [1.82, 2.24) is 9.97 Å². The van der Waals surface area contributed by atoms with E-state index >= 15 is 0 Å². The SMILES string of the molecule is Cc1nc(Oc2ccccc2C(F)(F)F)ncc1CN. The van der Waals surface area contributed by atoms with E-state index in [2.05, 4.69) is 9.97 Å². The van der Waals surface area contributed by atoms with Gasteiger partial charge in [-0.25, -0.2) is 4.98 Å². The molecule has 0 aliphatic carbocycles. The van der Waals surface area contributed by atoms with Gasteiger partial charge < -0.3 is 10.5 Å². The molecule has 2 N–H and O–H groups in total. The average molecular weight is 283 g/mol. The molecular weight excluding hydrogens is 271 g/mol. The molecule has 0 saturated carbocycles. The highest BCUT2D eigenvalue weighted by Gasteiger charge is 2.34. The summed E-state index contributed by atoms with van der Waals surface area (Å²) in [4.78, 5) is 7.83. The van der Waals surface area contributed by atoms with E-state index in [1.54, 1.807) is 6.92 Å². The quantitative estimate of drug-likeness (QED) is 0.940. The van der Waals surface area contributed by atoms with Gasteiger partial charge in [0.2, 0.25) is 0 Å². The predicted molar refractivity (Wildman–Crippen MR) is 66.2 cm³/mol. The van der Waals surface area contributed by atoms with Crippen molar-refractivity contribution in [2.45, 2.75) is 19.6 Å². The zero-order chi connectivity index (χ0) is 14.8. The van der Waals surface area contributed by atoms with Crippen LogP contribution in [0.1, 0.15) is 16.8 Å². The van der Waals surface area contributed by atoms with Gasteiger partial charge in [-0.2, -0.15) is 18.2 Å². The highest BCUT2D eigenvalue weighted by atomic mass is 19.4. The van der Waals surface area contributed by atoms with Gasteiger partial charge in [-0.15, -0.1) is 0 Å². The third kappa shape index (κ3) is 3.05. The normalized spacial score (nSPS) is 11.4. The second kappa shape index (κ2) is 5.46. The number of para-hydroxylation sites is 1. The smallest absolute Gasteiger partial charge is 0.419 e. The molecule has 0 spiro atoms. The Bertz CT molecular complexity index is 614. The lowest BCUT2D eigenvalue weighted by atomic mass is 10.2. The van der Waals surface area contributed by atoms with E-state index < -0.39 is 11.7 Å². The third-order valence-corrected chi connectivity index (χ3v) is 2.67. The summed E-state index contributed by atoms with van der Waals surface area (Å²) in [6, 6.07) is 4.76. The maximum Gasteiger partial charge on any atom is 0.419 e. The predicted octanol–water partition coefficient (Wildman–Crippen LogP) is 3.05. The van der Waals surface area contributed by atoms with Crippen LogP contribution in [-0.2, 0) is 12.7 Å². The van der Waals surface area contributed by atoms with Crippen LogP contribution >= 0.6 is 0 Å². The average Bonchev–Trinajstić information content (AvgIpc) is 2.38. The van der Waals surface area contributed by atoms with Gasteiger partial charge in [-0.05, 0) is 19.1 Å². The second-order valence-electron chi connectivity index (χ2n) is 4.06. The maximum atomic E-state index is 12.8. The number of halogens is 3. The van der Waals surface area contributed by atoms with Crippen molar-refractivity contribution in [3.8, 4) is 11.8 Å². The summed E-state index contributed by atoms with van der Waals surface area (Å²) in [5, 5.41) is 0. The van der Waals surface area contributed by atoms with E-state index in [-0.39, 0.29) is 18.3 Å². The number of ether oxygens (including phenoxy) is 1. The standard InChI is InChI=1S/C13H12F3N3O/c1-8-9(6-17)7-18-12(19-8)20-11-5-3-2-4-10(11)13(14,15)16/h2-5,7H,6,17H2,1H3. The van der Waals surface area contributed by atoms with E-state index in [4.69, 9.17) is 10.5 Å². The Morgan fingerprint density at radius 2 is 1.95 bits per heavy atom. The van der Waals surface area contributed by atoms with Crippen LogP contribution in [-0.4, -0.2) is 9.97 Å². The van der Waals surface area contributed by atoms with Gasteiger partial charge in [0.1, 0.15) is 5.75 Å². The molecule has 4 nitrogen and oxygen atoms in total. The lowest BCUT2D eigenvalue weighted by Gasteiger charge is -2.12. The largest absolute Gasteiger partial charge is 0.424 e. The van der Waals surface area contributed by atoms with Crippen LogP contribution in [0.3, 0.4) is 0 Å². The van der Waals surface area contributed by atoms with Gasteiger partial charge in [0.15, 0.2) is 0 Å². The monoisotopic (exact) mass is 283 g/mol. The first-order valence-corrected chi connectivity index (χ1v) is 5.78. The molecule has 106 valence electrons. The molecule has 2 rings (SSSR count). The summed E-state index contributed by atoms with van der Waals surface area (Å²) in [6.45, 7) is 1.94. The Morgan fingerprint density at radius 3 is 2.55 bits per heavy atom. The summed E-state index contributed by atoms with van der Waals surface area (Å²) >= 11 is 0. The lowest BCUT2D eigenvalue weighted by molar-refractivity contribution is -0.138. The van der Waals surface area contributed by atoms with Crippen LogP contribution in [0.2, 0.25) is 0 Å². The van der Waals surface area contributed by atoms with Crippen LogP contribution in [0.25, 0.3) is 0 Å². The molecule has 1 heterocycles. The molecule has 2 aromatic rings. The molecule has 0 aliphatic heterocycles. The van der Waals surface area contributed by atoms with Crippen LogP contribution in [0, 0.1) is 6.92 Å². The zero-order valence-corrected chi connectivity index (χ0v) is 10.6. The van der Waals surface area contributed by atoms with Crippen LogP contribution < -0.4 is 10.5 Å². The Labute approximate surface area is 113 Å². The van der Waals surface area contributed by atoms with Crippen molar-refractivity contribution in [2.24, 2.45) is 5.73 Å². The molecule has 0 bridgehead atoms. The topological polar surface area (TPSA) is 61.0 Å². The van der Waals surface area contributed by atoms with Crippen molar-refractivity contribution in [3.05, 3.63) is 47.3 Å². The van der Waals surface area contributed by atoms with Crippen molar-refractivity contribution >= 4 is 0 Å². The Kier molecular flexibility index (Phi) is 3.89. The Hall–Kier alpha value is -2.15. The van der Waals surface area contributed by atoms with E-state index in [9.17, 15) is 13.2 Å². The van der Waals surface area contributed by atoms with E-state index in [1.807, 2.05) is 0 Å². The van der Waals surface area contributed by atoms with E-state index in [0.717, 1.165) is 6.07 Å². The lowest BCUT2D eigenvalue weighted by Crippen LogP contribution is -2.08. The van der Waals surface area contributed by atoms with Gasteiger partial charge in [-0.3, -0.25) is 0 Å². The maximum absolute atomic E-state index is 12.8. The summed E-state index contributed by atoms with van der Waals surface area (Å²) in [5.41, 5.74) is 5.87. The Morgan fingerprint density at radius 1 is 1.25 bits per heavy atom. The molecule has 0 unspecified atom stereocenters. The molecule has 7 heteroatoms. The number of benzene rings is 1. The molecule has 0 saturated heterocycles. The second-order valence-corrected chi connectivity index (χ2v) is 4.06. The zero-order valence-electron chi connectivity index (χ0n) is 10.6. The van der Waals surface area contributed by atoms with Crippen molar-refractivity contribution < 1.29 is 17.9 Å². The Balaban J connectivity index is 2.33. The number of aryl methyl sites for hydroxylation is 1. The van der Waals surface area contributed by atoms with E-state index in [0.29, 0.717) is 11.3 Å². The number of nitrogens with zero attached hydrogens (tertiary/aromatic N) is 2. The number of hydrogen-bond donors (Lipinski definition) is 1. The number of aromatic nitrogens is 2. The van der Waals surface area contributed by atoms with Crippen molar-refractivity contribution in [2.75, 3.05) is 0 Å².